The number of hydrogen-bond donors (Lipinski definition) is 3. The number of amides is 2. The lowest BCUT2D eigenvalue weighted by atomic mass is 9.68. The number of fused-ring (bicyclic) bond motifs is 2. The maximum absolute atomic E-state index is 13.6. The molecule has 43 heavy (non-hydrogen) atoms. The molecule has 4 atom stereocenters. The van der Waals surface area contributed by atoms with Crippen LogP contribution in [0, 0.1) is 17.8 Å². The van der Waals surface area contributed by atoms with Crippen molar-refractivity contribution in [1.29, 1.82) is 0 Å². The van der Waals surface area contributed by atoms with Crippen LogP contribution in [0.3, 0.4) is 0 Å². The summed E-state index contributed by atoms with van der Waals surface area (Å²) in [7, 11) is 0. The van der Waals surface area contributed by atoms with E-state index in [1.54, 1.807) is 6.07 Å². The van der Waals surface area contributed by atoms with Crippen molar-refractivity contribution in [2.24, 2.45) is 17.8 Å². The van der Waals surface area contributed by atoms with Crippen LogP contribution in [0.15, 0.2) is 95.4 Å². The lowest BCUT2D eigenvalue weighted by Crippen LogP contribution is -2.38. The van der Waals surface area contributed by atoms with E-state index < -0.39 is 23.9 Å². The Morgan fingerprint density at radius 2 is 1.72 bits per heavy atom. The number of carbonyl (C=O) groups excluding carboxylic acids is 2. The van der Waals surface area contributed by atoms with E-state index in [1.807, 2.05) is 85.1 Å². The first-order valence-electron chi connectivity index (χ1n) is 14.7. The smallest absolute Gasteiger partial charge is 0.234 e. The molecular weight excluding hydrogens is 558 g/mol. The average molecular weight is 594 g/mol. The number of aromatic hydroxyl groups is 1. The third kappa shape index (κ3) is 5.56. The first-order chi connectivity index (χ1) is 20.9. The summed E-state index contributed by atoms with van der Waals surface area (Å²) >= 11 is 1.51. The molecule has 1 aromatic heterocycles. The first-order valence-corrected chi connectivity index (χ1v) is 15.6. The molecule has 0 unspecified atom stereocenters. The van der Waals surface area contributed by atoms with Gasteiger partial charge in [0.05, 0.1) is 31.1 Å². The van der Waals surface area contributed by atoms with Gasteiger partial charge in [-0.05, 0) is 71.4 Å². The number of imide groups is 1. The number of allylic oxidation sites excluding steroid dienone is 2. The molecule has 4 aromatic rings. The van der Waals surface area contributed by atoms with E-state index in [9.17, 15) is 24.9 Å². The fourth-order valence-electron chi connectivity index (χ4n) is 6.92. The van der Waals surface area contributed by atoms with Crippen LogP contribution in [0.1, 0.15) is 42.2 Å². The Balaban J connectivity index is 1.27. The molecule has 2 heterocycles. The van der Waals surface area contributed by atoms with Gasteiger partial charge in [0.25, 0.3) is 0 Å². The van der Waals surface area contributed by atoms with Gasteiger partial charge in [-0.15, -0.1) is 11.3 Å². The number of aliphatic hydroxyl groups excluding tert-OH is 2. The van der Waals surface area contributed by atoms with Crippen LogP contribution in [0.2, 0.25) is 0 Å². The van der Waals surface area contributed by atoms with E-state index in [2.05, 4.69) is 6.08 Å². The number of phenolic OH excluding ortho intramolecular Hbond substituents is 1. The van der Waals surface area contributed by atoms with Crippen molar-refractivity contribution < 1.29 is 24.9 Å². The monoisotopic (exact) mass is 593 g/mol. The molecule has 0 spiro atoms. The second-order valence-electron chi connectivity index (χ2n) is 11.5. The second kappa shape index (κ2) is 12.3. The fourth-order valence-corrected chi connectivity index (χ4v) is 7.61. The van der Waals surface area contributed by atoms with E-state index in [0.29, 0.717) is 24.8 Å². The predicted octanol–water partition coefficient (Wildman–Crippen LogP) is 6.42. The van der Waals surface area contributed by atoms with Crippen molar-refractivity contribution in [3.05, 3.63) is 111 Å². The highest BCUT2D eigenvalue weighted by molar-refractivity contribution is 7.09. The minimum atomic E-state index is -0.879. The Morgan fingerprint density at radius 1 is 0.977 bits per heavy atom. The number of likely N-dealkylation sites (tertiary alicyclic amines) is 1. The maximum Gasteiger partial charge on any atom is 0.234 e. The molecule has 0 bridgehead atoms. The standard InChI is InChI=1S/C36H35NO5S/c1-22-18-29-34(36(42)37(35(29)41)20-26-10-7-17-43-26)30(21-38)33(22)32(40)16-13-24(23-8-3-2-4-9-23)19-25-14-15-31(39)28-12-6-5-11-27(25)28/h2-12,14-15,17,19,29-30,32,34,38-40H,13,16,18,20-21H2,1H3/b24-19-/t29-,30+,32-,34-/m1/s1. The fraction of sp³-hybridized carbons (Fsp3) is 0.278. The zero-order chi connectivity index (χ0) is 30.1. The number of carbonyl (C=O) groups is 2. The minimum Gasteiger partial charge on any atom is -0.507 e. The molecule has 0 radical (unpaired) electrons. The zero-order valence-corrected chi connectivity index (χ0v) is 24.8. The number of nitrogens with zero attached hydrogens (tertiary/aromatic N) is 1. The van der Waals surface area contributed by atoms with E-state index >= 15 is 0 Å². The summed E-state index contributed by atoms with van der Waals surface area (Å²) in [4.78, 5) is 29.2. The molecular formula is C36H35NO5S. The van der Waals surface area contributed by atoms with Crippen LogP contribution in [-0.2, 0) is 16.1 Å². The van der Waals surface area contributed by atoms with Gasteiger partial charge in [-0.2, -0.15) is 0 Å². The SMILES string of the molecule is CC1=C([C@H](O)CC/C(=C/c2ccc(O)c3ccccc23)c2ccccc2)[C@H](CO)[C@@H]2C(=O)N(Cc3cccs3)C(=O)[C@@H]2C1. The van der Waals surface area contributed by atoms with Crippen molar-refractivity contribution in [2.45, 2.75) is 38.8 Å². The van der Waals surface area contributed by atoms with Gasteiger partial charge in [0.1, 0.15) is 5.75 Å². The third-order valence-electron chi connectivity index (χ3n) is 8.97. The van der Waals surface area contributed by atoms with Crippen LogP contribution in [0.25, 0.3) is 22.4 Å². The summed E-state index contributed by atoms with van der Waals surface area (Å²) in [5.41, 5.74) is 4.58. The summed E-state index contributed by atoms with van der Waals surface area (Å²) < 4.78 is 0. The number of benzene rings is 3. The highest BCUT2D eigenvalue weighted by Crippen LogP contribution is 2.46. The third-order valence-corrected chi connectivity index (χ3v) is 9.83. The minimum absolute atomic E-state index is 0.190. The average Bonchev–Trinajstić information content (AvgIpc) is 3.63. The van der Waals surface area contributed by atoms with Gasteiger partial charge in [-0.3, -0.25) is 14.5 Å². The predicted molar refractivity (Wildman–Crippen MR) is 170 cm³/mol. The molecule has 6 nitrogen and oxygen atoms in total. The van der Waals surface area contributed by atoms with Gasteiger partial charge in [0.2, 0.25) is 11.8 Å². The van der Waals surface area contributed by atoms with E-state index in [0.717, 1.165) is 37.9 Å². The normalized spacial score (nSPS) is 21.5. The maximum atomic E-state index is 13.6. The van der Waals surface area contributed by atoms with Crippen LogP contribution >= 0.6 is 11.3 Å². The summed E-state index contributed by atoms with van der Waals surface area (Å²) in [6, 6.07) is 25.1. The van der Waals surface area contributed by atoms with E-state index in [4.69, 9.17) is 0 Å². The van der Waals surface area contributed by atoms with Crippen LogP contribution < -0.4 is 0 Å². The lowest BCUT2D eigenvalue weighted by Gasteiger charge is -2.35. The van der Waals surface area contributed by atoms with Crippen molar-refractivity contribution in [2.75, 3.05) is 6.61 Å². The second-order valence-corrected chi connectivity index (χ2v) is 12.5. The molecule has 1 aliphatic carbocycles. The van der Waals surface area contributed by atoms with Crippen molar-refractivity contribution in [3.8, 4) is 5.75 Å². The number of rotatable bonds is 9. The summed E-state index contributed by atoms with van der Waals surface area (Å²) in [5, 5.41) is 36.2. The molecule has 220 valence electrons. The Morgan fingerprint density at radius 3 is 2.44 bits per heavy atom. The summed E-state index contributed by atoms with van der Waals surface area (Å²) in [6.07, 6.45) is 2.56. The van der Waals surface area contributed by atoms with Gasteiger partial charge < -0.3 is 15.3 Å². The van der Waals surface area contributed by atoms with Gasteiger partial charge >= 0.3 is 0 Å². The first kappa shape index (κ1) is 29.1. The Bertz CT molecular complexity index is 1710. The Kier molecular flexibility index (Phi) is 8.30. The van der Waals surface area contributed by atoms with Crippen molar-refractivity contribution >= 4 is 45.6 Å². The van der Waals surface area contributed by atoms with E-state index in [1.165, 1.54) is 16.2 Å². The van der Waals surface area contributed by atoms with Gasteiger partial charge in [0, 0.05) is 16.2 Å². The largest absolute Gasteiger partial charge is 0.507 e. The Hall–Kier alpha value is -4.04. The molecule has 1 aliphatic heterocycles. The van der Waals surface area contributed by atoms with Crippen molar-refractivity contribution in [3.63, 3.8) is 0 Å². The zero-order valence-electron chi connectivity index (χ0n) is 24.0. The Labute approximate surface area is 255 Å². The number of aliphatic hydroxyl groups is 2. The van der Waals surface area contributed by atoms with Crippen LogP contribution in [0.4, 0.5) is 0 Å². The molecule has 1 fully saturated rings. The van der Waals surface area contributed by atoms with Crippen LogP contribution in [-0.4, -0.2) is 44.7 Å². The highest BCUT2D eigenvalue weighted by Gasteiger charge is 2.54. The lowest BCUT2D eigenvalue weighted by molar-refractivity contribution is -0.140. The molecule has 6 rings (SSSR count). The number of hydrogen-bond acceptors (Lipinski definition) is 6. The van der Waals surface area contributed by atoms with Gasteiger partial charge in [-0.1, -0.05) is 78.4 Å². The summed E-state index contributed by atoms with van der Waals surface area (Å²) in [5.74, 6) is -2.01. The molecule has 3 N–H and O–H groups in total. The molecule has 2 aliphatic rings. The van der Waals surface area contributed by atoms with Gasteiger partial charge in [-0.25, -0.2) is 0 Å². The quantitative estimate of drug-likeness (QED) is 0.118. The topological polar surface area (TPSA) is 98.1 Å². The number of phenols is 1. The van der Waals surface area contributed by atoms with Gasteiger partial charge in [0.15, 0.2) is 0 Å². The molecule has 1 saturated heterocycles. The molecule has 0 saturated carbocycles. The van der Waals surface area contributed by atoms with Crippen LogP contribution in [0.5, 0.6) is 5.75 Å². The van der Waals surface area contributed by atoms with E-state index in [-0.39, 0.29) is 30.7 Å². The number of thiophene rings is 1. The highest BCUT2D eigenvalue weighted by atomic mass is 32.1. The summed E-state index contributed by atoms with van der Waals surface area (Å²) in [6.45, 7) is 1.85. The van der Waals surface area contributed by atoms with Crippen molar-refractivity contribution in [1.82, 2.24) is 4.90 Å². The molecule has 2 amide bonds. The molecule has 7 heteroatoms. The molecule has 3 aromatic carbocycles.